The van der Waals surface area contributed by atoms with Gasteiger partial charge >= 0.3 is 0 Å². The third-order valence-corrected chi connectivity index (χ3v) is 3.96. The second-order valence-corrected chi connectivity index (χ2v) is 7.44. The summed E-state index contributed by atoms with van der Waals surface area (Å²) in [6.07, 6.45) is 6.27. The summed E-state index contributed by atoms with van der Waals surface area (Å²) in [5.41, 5.74) is 8.23. The van der Waals surface area contributed by atoms with Crippen molar-refractivity contribution in [1.29, 1.82) is 0 Å². The Hall–Kier alpha value is -2.66. The number of aliphatic imine (C=N–C) groups is 2. The summed E-state index contributed by atoms with van der Waals surface area (Å²) in [7, 11) is 0. The molecule has 0 radical (unpaired) electrons. The van der Waals surface area contributed by atoms with E-state index in [1.165, 1.54) is 5.57 Å². The van der Waals surface area contributed by atoms with E-state index in [4.69, 9.17) is 5.73 Å². The van der Waals surface area contributed by atoms with E-state index in [1.807, 2.05) is 12.1 Å². The molecule has 0 saturated heterocycles. The van der Waals surface area contributed by atoms with Crippen molar-refractivity contribution in [2.75, 3.05) is 19.6 Å². The SMILES string of the molecule is C=C.CC(C)CCN.CCCN=C1NC(c2ccccc2O)=NC/C1=C\C=C(C)C. The molecule has 1 aliphatic rings. The first-order valence-corrected chi connectivity index (χ1v) is 10.6. The Morgan fingerprint density at radius 3 is 2.47 bits per heavy atom. The molecule has 166 valence electrons. The van der Waals surface area contributed by atoms with Gasteiger partial charge in [-0.25, -0.2) is 0 Å². The molecule has 0 unspecified atom stereocenters. The number of hydrogen-bond donors (Lipinski definition) is 3. The highest BCUT2D eigenvalue weighted by Crippen LogP contribution is 2.18. The Morgan fingerprint density at radius 2 is 1.97 bits per heavy atom. The molecule has 1 aromatic carbocycles. The van der Waals surface area contributed by atoms with Crippen molar-refractivity contribution in [3.05, 3.63) is 66.3 Å². The molecule has 1 aromatic rings. The zero-order valence-corrected chi connectivity index (χ0v) is 19.4. The number of nitrogens with two attached hydrogens (primary N) is 1. The summed E-state index contributed by atoms with van der Waals surface area (Å²) in [5.74, 6) is 2.50. The summed E-state index contributed by atoms with van der Waals surface area (Å²) in [5, 5.41) is 13.2. The Balaban J connectivity index is 0.000000905. The molecule has 1 aliphatic heterocycles. The number of benzene rings is 1. The van der Waals surface area contributed by atoms with Crippen molar-refractivity contribution in [2.24, 2.45) is 21.6 Å². The van der Waals surface area contributed by atoms with Crippen LogP contribution < -0.4 is 11.1 Å². The molecule has 0 aromatic heterocycles. The molecule has 5 nitrogen and oxygen atoms in total. The molecule has 5 heteroatoms. The predicted molar refractivity (Wildman–Crippen MR) is 133 cm³/mol. The second kappa shape index (κ2) is 16.2. The summed E-state index contributed by atoms with van der Waals surface area (Å²) >= 11 is 0. The minimum Gasteiger partial charge on any atom is -0.507 e. The molecular formula is C25H40N4O. The first kappa shape index (κ1) is 27.3. The number of para-hydroxylation sites is 1. The Kier molecular flexibility index (Phi) is 14.7. The van der Waals surface area contributed by atoms with Crippen LogP contribution in [0.2, 0.25) is 0 Å². The fraction of sp³-hybridized carbons (Fsp3) is 0.440. The van der Waals surface area contributed by atoms with E-state index in [2.05, 4.69) is 75.2 Å². The predicted octanol–water partition coefficient (Wildman–Crippen LogP) is 5.24. The van der Waals surface area contributed by atoms with E-state index in [-0.39, 0.29) is 5.75 Å². The molecule has 0 amide bonds. The van der Waals surface area contributed by atoms with Gasteiger partial charge in [0.05, 0.1) is 12.1 Å². The van der Waals surface area contributed by atoms with Crippen molar-refractivity contribution in [2.45, 2.75) is 47.5 Å². The van der Waals surface area contributed by atoms with Gasteiger partial charge in [0.1, 0.15) is 17.4 Å². The first-order valence-electron chi connectivity index (χ1n) is 10.6. The van der Waals surface area contributed by atoms with Gasteiger partial charge in [0.25, 0.3) is 0 Å². The smallest absolute Gasteiger partial charge is 0.138 e. The maximum Gasteiger partial charge on any atom is 0.138 e. The van der Waals surface area contributed by atoms with Crippen LogP contribution >= 0.6 is 0 Å². The lowest BCUT2D eigenvalue weighted by atomic mass is 10.1. The van der Waals surface area contributed by atoms with Crippen molar-refractivity contribution >= 4 is 11.7 Å². The van der Waals surface area contributed by atoms with Crippen LogP contribution in [0.15, 0.2) is 70.7 Å². The lowest BCUT2D eigenvalue weighted by Gasteiger charge is -2.20. The van der Waals surface area contributed by atoms with Crippen LogP contribution in [0, 0.1) is 5.92 Å². The van der Waals surface area contributed by atoms with Gasteiger partial charge in [0.15, 0.2) is 0 Å². The van der Waals surface area contributed by atoms with Crippen LogP contribution in [-0.2, 0) is 0 Å². The average Bonchev–Trinajstić information content (AvgIpc) is 2.73. The van der Waals surface area contributed by atoms with Gasteiger partial charge in [-0.1, -0.05) is 50.6 Å². The summed E-state index contributed by atoms with van der Waals surface area (Å²) < 4.78 is 0. The number of hydrogen-bond acceptors (Lipinski definition) is 4. The lowest BCUT2D eigenvalue weighted by molar-refractivity contribution is 0.474. The van der Waals surface area contributed by atoms with Crippen molar-refractivity contribution in [3.8, 4) is 5.75 Å². The highest BCUT2D eigenvalue weighted by molar-refractivity contribution is 6.17. The van der Waals surface area contributed by atoms with Gasteiger partial charge in [0.2, 0.25) is 0 Å². The minimum atomic E-state index is 0.223. The molecule has 0 saturated carbocycles. The Morgan fingerprint density at radius 1 is 1.30 bits per heavy atom. The largest absolute Gasteiger partial charge is 0.507 e. The van der Waals surface area contributed by atoms with Crippen molar-refractivity contribution < 1.29 is 5.11 Å². The van der Waals surface area contributed by atoms with Gasteiger partial charge in [-0.2, -0.15) is 0 Å². The van der Waals surface area contributed by atoms with Crippen LogP contribution in [0.1, 0.15) is 53.0 Å². The van der Waals surface area contributed by atoms with Crippen LogP contribution in [0.25, 0.3) is 0 Å². The molecule has 0 aliphatic carbocycles. The fourth-order valence-corrected chi connectivity index (χ4v) is 2.39. The highest BCUT2D eigenvalue weighted by atomic mass is 16.3. The zero-order valence-electron chi connectivity index (χ0n) is 19.4. The van der Waals surface area contributed by atoms with E-state index in [1.54, 1.807) is 12.1 Å². The standard InChI is InChI=1S/C18H23N3O.C5H13N.C2H4/c1-4-11-19-17-14(10-9-13(2)3)12-20-18(21-17)15-7-5-6-8-16(15)22;1-5(2)3-4-6;1-2/h5-10,22H,4,11-12H2,1-3H3,(H,19,20,21);5H,3-4,6H2,1-2H3;1-2H2/b14-10+;;. The van der Waals surface area contributed by atoms with Gasteiger partial charge in [-0.3, -0.25) is 9.98 Å². The van der Waals surface area contributed by atoms with E-state index in [0.29, 0.717) is 17.9 Å². The molecule has 2 rings (SSSR count). The maximum atomic E-state index is 9.98. The molecule has 30 heavy (non-hydrogen) atoms. The molecule has 0 spiro atoms. The van der Waals surface area contributed by atoms with Gasteiger partial charge in [-0.15, -0.1) is 13.2 Å². The van der Waals surface area contributed by atoms with E-state index in [0.717, 1.165) is 43.3 Å². The first-order chi connectivity index (χ1) is 14.4. The van der Waals surface area contributed by atoms with Crippen molar-refractivity contribution in [3.63, 3.8) is 0 Å². The monoisotopic (exact) mass is 412 g/mol. The second-order valence-electron chi connectivity index (χ2n) is 7.44. The summed E-state index contributed by atoms with van der Waals surface area (Å²) in [6.45, 7) is 18.7. The van der Waals surface area contributed by atoms with E-state index >= 15 is 0 Å². The Labute approximate surface area is 183 Å². The van der Waals surface area contributed by atoms with E-state index < -0.39 is 0 Å². The minimum absolute atomic E-state index is 0.223. The summed E-state index contributed by atoms with van der Waals surface area (Å²) in [4.78, 5) is 9.16. The molecule has 0 bridgehead atoms. The van der Waals surface area contributed by atoms with E-state index in [9.17, 15) is 5.11 Å². The van der Waals surface area contributed by atoms with Crippen LogP contribution in [-0.4, -0.2) is 36.4 Å². The van der Waals surface area contributed by atoms with Gasteiger partial charge in [-0.05, 0) is 51.3 Å². The van der Waals surface area contributed by atoms with Crippen LogP contribution in [0.5, 0.6) is 5.75 Å². The highest BCUT2D eigenvalue weighted by Gasteiger charge is 2.18. The third kappa shape index (κ3) is 10.8. The molecule has 4 N–H and O–H groups in total. The molecule has 1 heterocycles. The number of phenolic OH excluding ortho intramolecular Hbond substituents is 1. The third-order valence-electron chi connectivity index (χ3n) is 3.96. The average molecular weight is 413 g/mol. The van der Waals surface area contributed by atoms with Crippen molar-refractivity contribution in [1.82, 2.24) is 5.32 Å². The van der Waals surface area contributed by atoms with Crippen LogP contribution in [0.4, 0.5) is 0 Å². The number of nitrogens with zero attached hydrogens (tertiary/aromatic N) is 2. The molecule has 0 fully saturated rings. The lowest BCUT2D eigenvalue weighted by Crippen LogP contribution is -2.37. The normalized spacial score (nSPS) is 15.4. The van der Waals surface area contributed by atoms with Crippen LogP contribution in [0.3, 0.4) is 0 Å². The number of rotatable bonds is 6. The molecule has 0 atom stereocenters. The number of amidine groups is 2. The number of nitrogens with one attached hydrogen (secondary N) is 1. The van der Waals surface area contributed by atoms with Gasteiger partial charge in [0, 0.05) is 12.1 Å². The fourth-order valence-electron chi connectivity index (χ4n) is 2.39. The summed E-state index contributed by atoms with van der Waals surface area (Å²) in [6, 6.07) is 7.20. The molecular weight excluding hydrogens is 372 g/mol. The zero-order chi connectivity index (χ0) is 22.9. The van der Waals surface area contributed by atoms with Gasteiger partial charge < -0.3 is 16.2 Å². The quantitative estimate of drug-likeness (QED) is 0.559. The number of phenols is 1. The maximum absolute atomic E-state index is 9.98. The number of aromatic hydroxyl groups is 1. The Bertz CT molecular complexity index is 741. The number of allylic oxidation sites excluding steroid dienone is 3. The topological polar surface area (TPSA) is 83.0 Å².